The Bertz CT molecular complexity index is 422. The Labute approximate surface area is 98.3 Å². The summed E-state index contributed by atoms with van der Waals surface area (Å²) in [5.74, 6) is 0.870. The van der Waals surface area contributed by atoms with E-state index in [2.05, 4.69) is 37.8 Å². The van der Waals surface area contributed by atoms with Crippen LogP contribution in [0.2, 0.25) is 0 Å². The summed E-state index contributed by atoms with van der Waals surface area (Å²) < 4.78 is 0. The molecule has 2 aromatic heterocycles. The molecule has 2 aromatic rings. The molecule has 0 fully saturated rings. The fraction of sp³-hybridized carbons (Fsp3) is 0.500. The van der Waals surface area contributed by atoms with Crippen molar-refractivity contribution in [3.8, 4) is 0 Å². The average molecular weight is 237 g/mol. The molecule has 1 unspecified atom stereocenters. The average Bonchev–Trinajstić information content (AvgIpc) is 2.88. The van der Waals surface area contributed by atoms with E-state index < -0.39 is 0 Å². The van der Waals surface area contributed by atoms with Crippen molar-refractivity contribution < 1.29 is 0 Å². The van der Waals surface area contributed by atoms with Gasteiger partial charge in [-0.15, -0.1) is 11.3 Å². The molecule has 16 heavy (non-hydrogen) atoms. The molecule has 0 amide bonds. The van der Waals surface area contributed by atoms with Crippen molar-refractivity contribution in [3.63, 3.8) is 0 Å². The molecular formula is C10H15N5S. The van der Waals surface area contributed by atoms with Crippen LogP contribution >= 0.6 is 11.3 Å². The van der Waals surface area contributed by atoms with Gasteiger partial charge in [0.25, 0.3) is 0 Å². The molecule has 5 nitrogen and oxygen atoms in total. The zero-order chi connectivity index (χ0) is 11.4. The smallest absolute Gasteiger partial charge is 0.141 e. The van der Waals surface area contributed by atoms with Gasteiger partial charge in [-0.25, -0.2) is 9.97 Å². The van der Waals surface area contributed by atoms with Crippen molar-refractivity contribution in [3.05, 3.63) is 28.2 Å². The van der Waals surface area contributed by atoms with Gasteiger partial charge in [-0.2, -0.15) is 5.10 Å². The van der Waals surface area contributed by atoms with E-state index in [1.807, 2.05) is 6.92 Å². The Morgan fingerprint density at radius 1 is 1.56 bits per heavy atom. The maximum Gasteiger partial charge on any atom is 0.141 e. The minimum absolute atomic E-state index is 0.165. The van der Waals surface area contributed by atoms with Gasteiger partial charge < -0.3 is 5.32 Å². The molecule has 0 aliphatic heterocycles. The van der Waals surface area contributed by atoms with Crippen molar-refractivity contribution in [1.29, 1.82) is 0 Å². The molecule has 0 aliphatic rings. The summed E-state index contributed by atoms with van der Waals surface area (Å²) in [6.07, 6.45) is 2.38. The summed E-state index contributed by atoms with van der Waals surface area (Å²) in [5.41, 5.74) is 1.08. The van der Waals surface area contributed by atoms with Crippen molar-refractivity contribution >= 4 is 11.3 Å². The third-order valence-electron chi connectivity index (χ3n) is 2.26. The first kappa shape index (κ1) is 11.2. The fourth-order valence-electron chi connectivity index (χ4n) is 1.57. The molecule has 2 N–H and O–H groups in total. The fourth-order valence-corrected chi connectivity index (χ4v) is 2.38. The van der Waals surface area contributed by atoms with Gasteiger partial charge in [0.1, 0.15) is 12.2 Å². The quantitative estimate of drug-likeness (QED) is 0.826. The Hall–Kier alpha value is -1.27. The van der Waals surface area contributed by atoms with Crippen molar-refractivity contribution in [2.24, 2.45) is 0 Å². The van der Waals surface area contributed by atoms with Gasteiger partial charge in [-0.3, -0.25) is 5.10 Å². The predicted octanol–water partition coefficient (Wildman–Crippen LogP) is 1.46. The molecule has 0 aromatic carbocycles. The lowest BCUT2D eigenvalue weighted by Crippen LogP contribution is -2.24. The lowest BCUT2D eigenvalue weighted by molar-refractivity contribution is 0.522. The molecule has 0 bridgehead atoms. The highest BCUT2D eigenvalue weighted by molar-refractivity contribution is 7.09. The van der Waals surface area contributed by atoms with Crippen LogP contribution in [0.15, 0.2) is 11.7 Å². The third kappa shape index (κ3) is 2.65. The molecule has 2 rings (SSSR count). The van der Waals surface area contributed by atoms with Crippen molar-refractivity contribution in [2.75, 3.05) is 6.54 Å². The standard InChI is InChI=1S/C10H15N5S/c1-3-11-8(10-12-6-13-15-10)4-9-14-7(2)5-16-9/h5-6,8,11H,3-4H2,1-2H3,(H,12,13,15). The number of rotatable bonds is 5. The molecule has 0 saturated heterocycles. The van der Waals surface area contributed by atoms with E-state index >= 15 is 0 Å². The maximum atomic E-state index is 4.46. The minimum Gasteiger partial charge on any atom is -0.307 e. The highest BCUT2D eigenvalue weighted by atomic mass is 32.1. The molecule has 0 radical (unpaired) electrons. The van der Waals surface area contributed by atoms with Gasteiger partial charge in [0.15, 0.2) is 0 Å². The lowest BCUT2D eigenvalue weighted by Gasteiger charge is -2.13. The Morgan fingerprint density at radius 3 is 3.00 bits per heavy atom. The number of nitrogens with zero attached hydrogens (tertiary/aromatic N) is 3. The van der Waals surface area contributed by atoms with Gasteiger partial charge in [0.2, 0.25) is 0 Å². The van der Waals surface area contributed by atoms with Gasteiger partial charge >= 0.3 is 0 Å². The number of aromatic nitrogens is 4. The first-order chi connectivity index (χ1) is 7.79. The zero-order valence-electron chi connectivity index (χ0n) is 9.40. The summed E-state index contributed by atoms with van der Waals surface area (Å²) in [4.78, 5) is 8.64. The normalized spacial score (nSPS) is 12.9. The molecule has 0 aliphatic carbocycles. The van der Waals surface area contributed by atoms with Crippen LogP contribution in [0.3, 0.4) is 0 Å². The molecule has 2 heterocycles. The van der Waals surface area contributed by atoms with Crippen LogP contribution in [0.5, 0.6) is 0 Å². The molecular weight excluding hydrogens is 222 g/mol. The van der Waals surface area contributed by atoms with Crippen molar-refractivity contribution in [1.82, 2.24) is 25.5 Å². The largest absolute Gasteiger partial charge is 0.307 e. The Kier molecular flexibility index (Phi) is 3.63. The number of likely N-dealkylation sites (N-methyl/N-ethyl adjacent to an activating group) is 1. The van der Waals surface area contributed by atoms with Gasteiger partial charge in [0, 0.05) is 17.5 Å². The number of thiazole rings is 1. The second-order valence-corrected chi connectivity index (χ2v) is 4.51. The van der Waals surface area contributed by atoms with E-state index in [4.69, 9.17) is 0 Å². The number of H-pyrrole nitrogens is 1. The summed E-state index contributed by atoms with van der Waals surface area (Å²) >= 11 is 1.69. The second kappa shape index (κ2) is 5.18. The highest BCUT2D eigenvalue weighted by Crippen LogP contribution is 2.17. The van der Waals surface area contributed by atoms with Gasteiger partial charge in [-0.1, -0.05) is 6.92 Å². The van der Waals surface area contributed by atoms with E-state index in [0.29, 0.717) is 0 Å². The third-order valence-corrected chi connectivity index (χ3v) is 3.25. The number of aryl methyl sites for hydroxylation is 1. The predicted molar refractivity (Wildman–Crippen MR) is 63.4 cm³/mol. The number of nitrogens with one attached hydrogen (secondary N) is 2. The van der Waals surface area contributed by atoms with E-state index in [0.717, 1.165) is 29.5 Å². The van der Waals surface area contributed by atoms with Gasteiger partial charge in [0.05, 0.1) is 11.0 Å². The van der Waals surface area contributed by atoms with E-state index in [-0.39, 0.29) is 6.04 Å². The van der Waals surface area contributed by atoms with Crippen LogP contribution in [0, 0.1) is 6.92 Å². The zero-order valence-corrected chi connectivity index (χ0v) is 10.2. The summed E-state index contributed by atoms with van der Waals surface area (Å²) in [6, 6.07) is 0.165. The highest BCUT2D eigenvalue weighted by Gasteiger charge is 2.15. The Morgan fingerprint density at radius 2 is 2.44 bits per heavy atom. The van der Waals surface area contributed by atoms with Crippen molar-refractivity contribution in [2.45, 2.75) is 26.3 Å². The summed E-state index contributed by atoms with van der Waals surface area (Å²) in [6.45, 7) is 4.99. The van der Waals surface area contributed by atoms with Crippen LogP contribution in [0.4, 0.5) is 0 Å². The van der Waals surface area contributed by atoms with Crippen LogP contribution in [0.25, 0.3) is 0 Å². The molecule has 1 atom stereocenters. The number of aromatic amines is 1. The molecule has 0 saturated carbocycles. The number of hydrogen-bond donors (Lipinski definition) is 2. The minimum atomic E-state index is 0.165. The maximum absolute atomic E-state index is 4.46. The summed E-state index contributed by atoms with van der Waals surface area (Å²) in [7, 11) is 0. The van der Waals surface area contributed by atoms with Crippen LogP contribution in [-0.2, 0) is 6.42 Å². The summed E-state index contributed by atoms with van der Waals surface area (Å²) in [5, 5.41) is 13.4. The molecule has 6 heteroatoms. The molecule has 86 valence electrons. The van der Waals surface area contributed by atoms with Crippen LogP contribution in [0.1, 0.15) is 29.5 Å². The van der Waals surface area contributed by atoms with Crippen LogP contribution < -0.4 is 5.32 Å². The first-order valence-corrected chi connectivity index (χ1v) is 6.17. The van der Waals surface area contributed by atoms with E-state index in [9.17, 15) is 0 Å². The monoisotopic (exact) mass is 237 g/mol. The lowest BCUT2D eigenvalue weighted by atomic mass is 10.2. The molecule has 0 spiro atoms. The second-order valence-electron chi connectivity index (χ2n) is 3.57. The van der Waals surface area contributed by atoms with Gasteiger partial charge in [-0.05, 0) is 13.5 Å². The topological polar surface area (TPSA) is 66.5 Å². The van der Waals surface area contributed by atoms with E-state index in [1.54, 1.807) is 11.3 Å². The van der Waals surface area contributed by atoms with Crippen LogP contribution in [-0.4, -0.2) is 26.7 Å². The Balaban J connectivity index is 2.09. The first-order valence-electron chi connectivity index (χ1n) is 5.29. The number of hydrogen-bond acceptors (Lipinski definition) is 5. The van der Waals surface area contributed by atoms with E-state index in [1.165, 1.54) is 6.33 Å². The SMILES string of the molecule is CCNC(Cc1nc(C)cs1)c1ncn[nH]1.